The minimum absolute atomic E-state index is 0.281. The van der Waals surface area contributed by atoms with E-state index in [0.29, 0.717) is 18.1 Å². The maximum Gasteiger partial charge on any atom is 0.184 e. The molecule has 0 saturated carbocycles. The molecule has 0 aromatic heterocycles. The van der Waals surface area contributed by atoms with Crippen molar-refractivity contribution < 1.29 is 27.9 Å². The van der Waals surface area contributed by atoms with Gasteiger partial charge in [0.25, 0.3) is 0 Å². The van der Waals surface area contributed by atoms with Crippen LogP contribution in [0.3, 0.4) is 0 Å². The molecule has 6 rings (SSSR count). The topological polar surface area (TPSA) is 63.2 Å². The molecule has 6 nitrogen and oxygen atoms in total. The molecule has 4 aromatic carbocycles. The van der Waals surface area contributed by atoms with Crippen LogP contribution in [0.25, 0.3) is 0 Å². The van der Waals surface area contributed by atoms with E-state index in [1.54, 1.807) is 0 Å². The van der Waals surface area contributed by atoms with Gasteiger partial charge < -0.3 is 23.7 Å². The zero-order valence-electron chi connectivity index (χ0n) is 22.0. The second kappa shape index (κ2) is 13.0. The van der Waals surface area contributed by atoms with E-state index >= 15 is 0 Å². The molecule has 4 aromatic rings. The highest BCUT2D eigenvalue weighted by Crippen LogP contribution is 2.38. The van der Waals surface area contributed by atoms with E-state index in [9.17, 15) is 4.21 Å². The second-order valence-corrected chi connectivity index (χ2v) is 11.4. The largest absolute Gasteiger partial charge is 0.368 e. The fraction of sp³-hybridized carbons (Fsp3) is 0.273. The summed E-state index contributed by atoms with van der Waals surface area (Å²) in [5.41, 5.74) is 2.17. The first-order chi connectivity index (χ1) is 19.8. The van der Waals surface area contributed by atoms with E-state index in [-0.39, 0.29) is 6.61 Å². The van der Waals surface area contributed by atoms with Crippen LogP contribution in [0.15, 0.2) is 126 Å². The molecule has 0 radical (unpaired) electrons. The van der Waals surface area contributed by atoms with Crippen molar-refractivity contribution in [3.63, 3.8) is 0 Å². The van der Waals surface area contributed by atoms with Crippen LogP contribution in [-0.4, -0.2) is 40.7 Å². The highest BCUT2D eigenvalue weighted by atomic mass is 32.2. The third-order valence-corrected chi connectivity index (χ3v) is 8.65. The van der Waals surface area contributed by atoms with Crippen molar-refractivity contribution in [2.24, 2.45) is 0 Å². The van der Waals surface area contributed by atoms with Gasteiger partial charge in [0.15, 0.2) is 11.7 Å². The zero-order valence-corrected chi connectivity index (χ0v) is 22.8. The van der Waals surface area contributed by atoms with Crippen molar-refractivity contribution >= 4 is 10.8 Å². The molecule has 7 heteroatoms. The van der Waals surface area contributed by atoms with E-state index < -0.39 is 46.9 Å². The smallest absolute Gasteiger partial charge is 0.184 e. The molecule has 40 heavy (non-hydrogen) atoms. The van der Waals surface area contributed by atoms with Gasteiger partial charge in [-0.15, -0.1) is 0 Å². The van der Waals surface area contributed by atoms with Crippen LogP contribution in [0.2, 0.25) is 0 Å². The Labute approximate surface area is 237 Å². The van der Waals surface area contributed by atoms with Gasteiger partial charge in [0, 0.05) is 10.5 Å². The van der Waals surface area contributed by atoms with Gasteiger partial charge in [0.05, 0.1) is 30.6 Å². The van der Waals surface area contributed by atoms with Crippen LogP contribution >= 0.6 is 0 Å². The molecular formula is C33H32O6S. The first kappa shape index (κ1) is 27.0. The first-order valence-corrected chi connectivity index (χ1v) is 14.7. The van der Waals surface area contributed by atoms with Crippen molar-refractivity contribution in [1.82, 2.24) is 0 Å². The molecule has 2 unspecified atom stereocenters. The Kier molecular flexibility index (Phi) is 8.78. The fourth-order valence-electron chi connectivity index (χ4n) is 5.09. The van der Waals surface area contributed by atoms with Gasteiger partial charge in [-0.2, -0.15) is 0 Å². The van der Waals surface area contributed by atoms with Crippen molar-refractivity contribution in [3.05, 3.63) is 138 Å². The maximum absolute atomic E-state index is 14.0. The average Bonchev–Trinajstić information content (AvgIpc) is 3.03. The molecule has 0 aliphatic carbocycles. The Morgan fingerprint density at radius 1 is 0.650 bits per heavy atom. The molecule has 2 fully saturated rings. The summed E-state index contributed by atoms with van der Waals surface area (Å²) in [5, 5.41) is 0. The highest BCUT2D eigenvalue weighted by Gasteiger charge is 2.53. The normalized spacial score (nSPS) is 27.0. The lowest BCUT2D eigenvalue weighted by Gasteiger charge is -2.49. The molecule has 7 atom stereocenters. The van der Waals surface area contributed by atoms with E-state index in [1.807, 2.05) is 121 Å². The van der Waals surface area contributed by atoms with E-state index in [2.05, 4.69) is 0 Å². The predicted octanol–water partition coefficient (Wildman–Crippen LogP) is 5.80. The molecule has 206 valence electrons. The number of benzene rings is 4. The van der Waals surface area contributed by atoms with Gasteiger partial charge in [-0.05, 0) is 23.3 Å². The van der Waals surface area contributed by atoms with Crippen molar-refractivity contribution in [1.29, 1.82) is 0 Å². The second-order valence-electron chi connectivity index (χ2n) is 9.85. The summed E-state index contributed by atoms with van der Waals surface area (Å²) in [5.74, 6) is 0. The Balaban J connectivity index is 1.33. The van der Waals surface area contributed by atoms with E-state index in [1.165, 1.54) is 0 Å². The number of rotatable bonds is 9. The van der Waals surface area contributed by atoms with E-state index in [0.717, 1.165) is 16.7 Å². The van der Waals surface area contributed by atoms with Crippen LogP contribution in [0.5, 0.6) is 0 Å². The van der Waals surface area contributed by atoms with Crippen molar-refractivity contribution in [3.8, 4) is 0 Å². The van der Waals surface area contributed by atoms with Gasteiger partial charge in [-0.1, -0.05) is 109 Å². The zero-order chi connectivity index (χ0) is 27.1. The Bertz CT molecular complexity index is 1360. The molecule has 2 saturated heterocycles. The minimum Gasteiger partial charge on any atom is -0.368 e. The standard InChI is InChI=1S/C33H32O6S/c34-40(27-19-11-4-12-20-27)33-31(36-22-25-15-7-2-8-16-25)30(35-21-24-13-5-1-6-14-24)29-28(38-33)23-37-32(39-29)26-17-9-3-10-18-26/h1-20,28-33H,21-23H2/t28-,29-,30+,31+,32?,33-,40?/m1/s1. The molecular weight excluding hydrogens is 524 g/mol. The Morgan fingerprint density at radius 2 is 1.18 bits per heavy atom. The fourth-order valence-corrected chi connectivity index (χ4v) is 6.50. The molecule has 0 N–H and O–H groups in total. The summed E-state index contributed by atoms with van der Waals surface area (Å²) >= 11 is 0. The van der Waals surface area contributed by atoms with Crippen molar-refractivity contribution in [2.45, 2.75) is 54.3 Å². The molecule has 2 aliphatic rings. The maximum atomic E-state index is 14.0. The minimum atomic E-state index is -1.52. The van der Waals surface area contributed by atoms with Crippen LogP contribution in [0.4, 0.5) is 0 Å². The van der Waals surface area contributed by atoms with Crippen LogP contribution in [0, 0.1) is 0 Å². The number of hydrogen-bond acceptors (Lipinski definition) is 6. The highest BCUT2D eigenvalue weighted by molar-refractivity contribution is 7.85. The molecule has 2 heterocycles. The van der Waals surface area contributed by atoms with Crippen molar-refractivity contribution in [2.75, 3.05) is 6.61 Å². The Morgan fingerprint density at radius 3 is 1.77 bits per heavy atom. The van der Waals surface area contributed by atoms with Gasteiger partial charge >= 0.3 is 0 Å². The van der Waals surface area contributed by atoms with Gasteiger partial charge in [-0.25, -0.2) is 0 Å². The summed E-state index contributed by atoms with van der Waals surface area (Å²) in [4.78, 5) is 0.667. The van der Waals surface area contributed by atoms with Crippen LogP contribution in [0.1, 0.15) is 23.0 Å². The monoisotopic (exact) mass is 556 g/mol. The summed E-state index contributed by atoms with van der Waals surface area (Å²) in [6, 6.07) is 39.1. The summed E-state index contributed by atoms with van der Waals surface area (Å²) in [6.45, 7) is 0.951. The molecule has 0 bridgehead atoms. The van der Waals surface area contributed by atoms with Crippen LogP contribution in [-0.2, 0) is 47.7 Å². The Hall–Kier alpha value is -3.17. The number of ether oxygens (including phenoxy) is 5. The lowest BCUT2D eigenvalue weighted by molar-refractivity contribution is -0.330. The lowest BCUT2D eigenvalue weighted by atomic mass is 9.98. The number of hydrogen-bond donors (Lipinski definition) is 0. The number of fused-ring (bicyclic) bond motifs is 1. The molecule has 0 amide bonds. The first-order valence-electron chi connectivity index (χ1n) is 13.5. The summed E-state index contributed by atoms with van der Waals surface area (Å²) in [7, 11) is -1.52. The molecule has 2 aliphatic heterocycles. The summed E-state index contributed by atoms with van der Waals surface area (Å²) < 4.78 is 46.3. The van der Waals surface area contributed by atoms with Gasteiger partial charge in [0.2, 0.25) is 0 Å². The lowest BCUT2D eigenvalue weighted by Crippen LogP contribution is -2.63. The predicted molar refractivity (Wildman–Crippen MR) is 152 cm³/mol. The quantitative estimate of drug-likeness (QED) is 0.260. The van der Waals surface area contributed by atoms with E-state index in [4.69, 9.17) is 23.7 Å². The van der Waals surface area contributed by atoms with Gasteiger partial charge in [-0.3, -0.25) is 4.21 Å². The van der Waals surface area contributed by atoms with Gasteiger partial charge in [0.1, 0.15) is 24.4 Å². The van der Waals surface area contributed by atoms with Crippen LogP contribution < -0.4 is 0 Å². The molecule has 0 spiro atoms. The average molecular weight is 557 g/mol. The SMILES string of the molecule is O=S(c1ccccc1)[C@H]1O[C@@H]2COC(c3ccccc3)O[C@H]2[C@H](OCc2ccccc2)[C@@H]1OCc1ccccc1. The summed E-state index contributed by atoms with van der Waals surface area (Å²) in [6.07, 6.45) is -2.77. The third-order valence-electron chi connectivity index (χ3n) is 7.11. The third kappa shape index (κ3) is 6.25.